The summed E-state index contributed by atoms with van der Waals surface area (Å²) >= 11 is 0. The van der Waals surface area contributed by atoms with E-state index < -0.39 is 0 Å². The Kier molecular flexibility index (Phi) is 8.44. The highest BCUT2D eigenvalue weighted by Gasteiger charge is 2.17. The molecule has 5 rings (SSSR count). The summed E-state index contributed by atoms with van der Waals surface area (Å²) in [5.74, 6) is 1.40. The largest absolute Gasteiger partial charge is 0.497 e. The molecule has 0 saturated carbocycles. The summed E-state index contributed by atoms with van der Waals surface area (Å²) in [6.07, 6.45) is 1.15. The number of ether oxygens (including phenoxy) is 1. The van der Waals surface area contributed by atoms with Crippen molar-refractivity contribution in [3.8, 4) is 11.4 Å². The number of hydrogen-bond acceptors (Lipinski definition) is 4. The Balaban J connectivity index is 1.41. The molecule has 0 aliphatic rings. The van der Waals surface area contributed by atoms with E-state index in [-0.39, 0.29) is 11.6 Å². The molecule has 0 unspecified atom stereocenters. The number of carbonyl (C=O) groups is 1. The number of nitrogens with zero attached hydrogens (tertiary/aromatic N) is 3. The number of aromatic nitrogens is 2. The number of benzene rings is 4. The number of hydrogen-bond donors (Lipinski definition) is 1. The van der Waals surface area contributed by atoms with Crippen molar-refractivity contribution in [2.45, 2.75) is 33.2 Å². The third-order valence-corrected chi connectivity index (χ3v) is 7.27. The van der Waals surface area contributed by atoms with Crippen LogP contribution in [-0.2, 0) is 13.0 Å². The Morgan fingerprint density at radius 1 is 0.902 bits per heavy atom. The molecule has 1 aromatic heterocycles. The number of anilines is 1. The third kappa shape index (κ3) is 6.47. The summed E-state index contributed by atoms with van der Waals surface area (Å²) in [6, 6.07) is 30.4. The summed E-state index contributed by atoms with van der Waals surface area (Å²) < 4.78 is 6.95. The molecule has 0 spiro atoms. The lowest BCUT2D eigenvalue weighted by Gasteiger charge is -2.24. The highest BCUT2D eigenvalue weighted by atomic mass is 16.5. The van der Waals surface area contributed by atoms with Gasteiger partial charge in [0, 0.05) is 25.2 Å². The molecule has 208 valence electrons. The zero-order valence-corrected chi connectivity index (χ0v) is 23.6. The van der Waals surface area contributed by atoms with Crippen LogP contribution in [0.4, 0.5) is 10.5 Å². The summed E-state index contributed by atoms with van der Waals surface area (Å²) in [6.45, 7) is 5.03. The van der Waals surface area contributed by atoms with Crippen molar-refractivity contribution in [1.29, 1.82) is 0 Å². The molecule has 41 heavy (non-hydrogen) atoms. The second-order valence-electron chi connectivity index (χ2n) is 10.1. The lowest BCUT2D eigenvalue weighted by molar-refractivity contribution is 0.208. The molecule has 4 aromatic carbocycles. The van der Waals surface area contributed by atoms with E-state index in [0.29, 0.717) is 48.3 Å². The summed E-state index contributed by atoms with van der Waals surface area (Å²) in [7, 11) is 1.61. The highest BCUT2D eigenvalue weighted by molar-refractivity contribution is 5.89. The van der Waals surface area contributed by atoms with Gasteiger partial charge in [-0.05, 0) is 85.5 Å². The first-order chi connectivity index (χ1) is 19.9. The minimum Gasteiger partial charge on any atom is -0.497 e. The molecule has 2 amide bonds. The van der Waals surface area contributed by atoms with Gasteiger partial charge >= 0.3 is 6.03 Å². The van der Waals surface area contributed by atoms with Crippen molar-refractivity contribution in [1.82, 2.24) is 14.5 Å². The molecule has 0 saturated heterocycles. The first kappa shape index (κ1) is 27.6. The van der Waals surface area contributed by atoms with E-state index in [1.54, 1.807) is 16.6 Å². The monoisotopic (exact) mass is 546 g/mol. The van der Waals surface area contributed by atoms with E-state index in [2.05, 4.69) is 12.2 Å². The Bertz CT molecular complexity index is 1710. The molecule has 0 fully saturated rings. The van der Waals surface area contributed by atoms with E-state index in [0.717, 1.165) is 28.1 Å². The minimum atomic E-state index is -0.197. The highest BCUT2D eigenvalue weighted by Crippen LogP contribution is 2.19. The average Bonchev–Trinajstić information content (AvgIpc) is 2.99. The van der Waals surface area contributed by atoms with Crippen LogP contribution in [0.2, 0.25) is 0 Å². The second-order valence-corrected chi connectivity index (χ2v) is 10.1. The average molecular weight is 547 g/mol. The van der Waals surface area contributed by atoms with Crippen molar-refractivity contribution >= 4 is 22.6 Å². The quantitative estimate of drug-likeness (QED) is 0.224. The number of amides is 2. The van der Waals surface area contributed by atoms with Crippen LogP contribution < -0.4 is 15.6 Å². The summed E-state index contributed by atoms with van der Waals surface area (Å²) in [5, 5.41) is 3.59. The lowest BCUT2D eigenvalue weighted by Crippen LogP contribution is -2.35. The first-order valence-electron chi connectivity index (χ1n) is 13.7. The van der Waals surface area contributed by atoms with Crippen LogP contribution in [-0.4, -0.2) is 34.1 Å². The van der Waals surface area contributed by atoms with E-state index in [1.807, 2.05) is 104 Å². The van der Waals surface area contributed by atoms with Crippen molar-refractivity contribution in [3.63, 3.8) is 0 Å². The number of urea groups is 1. The third-order valence-electron chi connectivity index (χ3n) is 7.27. The van der Waals surface area contributed by atoms with Gasteiger partial charge in [-0.1, -0.05) is 48.5 Å². The molecular weight excluding hydrogens is 512 g/mol. The molecule has 1 heterocycles. The summed E-state index contributed by atoms with van der Waals surface area (Å²) in [5.41, 5.74) is 5.37. The van der Waals surface area contributed by atoms with Gasteiger partial charge in [0.1, 0.15) is 11.6 Å². The van der Waals surface area contributed by atoms with E-state index >= 15 is 0 Å². The van der Waals surface area contributed by atoms with E-state index in [4.69, 9.17) is 9.72 Å². The maximum Gasteiger partial charge on any atom is 0.322 e. The van der Waals surface area contributed by atoms with Crippen LogP contribution in [0.25, 0.3) is 16.6 Å². The summed E-state index contributed by atoms with van der Waals surface area (Å²) in [4.78, 5) is 33.8. The standard InChI is InChI=1S/C34H34N4O3/c1-24-15-18-28(22-25(24)2)38-32(36-31-13-8-7-12-30(31)33(38)39)14-9-21-37(23-26-10-5-4-6-11-26)34(40)35-27-16-19-29(41-3)20-17-27/h4-8,10-13,15-20,22H,9,14,21,23H2,1-3H3,(H,35,40). The first-order valence-corrected chi connectivity index (χ1v) is 13.7. The van der Waals surface area contributed by atoms with Crippen LogP contribution in [0.1, 0.15) is 28.9 Å². The lowest BCUT2D eigenvalue weighted by atomic mass is 10.1. The molecule has 5 aromatic rings. The van der Waals surface area contributed by atoms with Gasteiger partial charge in [-0.3, -0.25) is 9.36 Å². The Morgan fingerprint density at radius 3 is 2.37 bits per heavy atom. The SMILES string of the molecule is COc1ccc(NC(=O)N(CCCc2nc3ccccc3c(=O)n2-c2ccc(C)c(C)c2)Cc2ccccc2)cc1. The Labute approximate surface area is 240 Å². The van der Waals surface area contributed by atoms with Crippen molar-refractivity contribution in [2.24, 2.45) is 0 Å². The van der Waals surface area contributed by atoms with Crippen LogP contribution in [0.5, 0.6) is 5.75 Å². The van der Waals surface area contributed by atoms with Gasteiger partial charge in [-0.2, -0.15) is 0 Å². The molecular formula is C34H34N4O3. The zero-order chi connectivity index (χ0) is 28.8. The van der Waals surface area contributed by atoms with Crippen molar-refractivity contribution in [2.75, 3.05) is 19.0 Å². The normalized spacial score (nSPS) is 10.9. The second kappa shape index (κ2) is 12.5. The number of aryl methyl sites for hydroxylation is 3. The van der Waals surface area contributed by atoms with Gasteiger partial charge in [0.05, 0.1) is 23.7 Å². The van der Waals surface area contributed by atoms with E-state index in [1.165, 1.54) is 0 Å². The van der Waals surface area contributed by atoms with Gasteiger partial charge in [-0.25, -0.2) is 9.78 Å². The van der Waals surface area contributed by atoms with Crippen LogP contribution in [0, 0.1) is 13.8 Å². The van der Waals surface area contributed by atoms with Gasteiger partial charge in [0.25, 0.3) is 5.56 Å². The molecule has 0 aliphatic carbocycles. The number of fused-ring (bicyclic) bond motifs is 1. The molecule has 0 bridgehead atoms. The van der Waals surface area contributed by atoms with Crippen LogP contribution in [0.3, 0.4) is 0 Å². The van der Waals surface area contributed by atoms with Crippen molar-refractivity contribution < 1.29 is 9.53 Å². The molecule has 7 heteroatoms. The maximum absolute atomic E-state index is 13.7. The predicted molar refractivity (Wildman–Crippen MR) is 164 cm³/mol. The van der Waals surface area contributed by atoms with Gasteiger partial charge < -0.3 is 15.0 Å². The van der Waals surface area contributed by atoms with Gasteiger partial charge in [0.15, 0.2) is 0 Å². The number of carbonyl (C=O) groups excluding carboxylic acids is 1. The Hall–Kier alpha value is -4.91. The van der Waals surface area contributed by atoms with Gasteiger partial charge in [0.2, 0.25) is 0 Å². The van der Waals surface area contributed by atoms with Crippen LogP contribution in [0.15, 0.2) is 102 Å². The topological polar surface area (TPSA) is 76.5 Å². The zero-order valence-electron chi connectivity index (χ0n) is 23.6. The van der Waals surface area contributed by atoms with Gasteiger partial charge in [-0.15, -0.1) is 0 Å². The number of nitrogens with one attached hydrogen (secondary N) is 1. The molecule has 0 aliphatic heterocycles. The smallest absolute Gasteiger partial charge is 0.322 e. The Morgan fingerprint density at radius 2 is 1.63 bits per heavy atom. The fraction of sp³-hybridized carbons (Fsp3) is 0.206. The van der Waals surface area contributed by atoms with Crippen molar-refractivity contribution in [3.05, 3.63) is 130 Å². The number of rotatable bonds is 9. The van der Waals surface area contributed by atoms with Crippen LogP contribution >= 0.6 is 0 Å². The maximum atomic E-state index is 13.7. The predicted octanol–water partition coefficient (Wildman–Crippen LogP) is 6.68. The fourth-order valence-corrected chi connectivity index (χ4v) is 4.84. The molecule has 0 radical (unpaired) electrons. The minimum absolute atomic E-state index is 0.0905. The van der Waals surface area contributed by atoms with E-state index in [9.17, 15) is 9.59 Å². The molecule has 7 nitrogen and oxygen atoms in total. The fourth-order valence-electron chi connectivity index (χ4n) is 4.84. The molecule has 0 atom stereocenters. The molecule has 1 N–H and O–H groups in total. The number of para-hydroxylation sites is 1. The number of methoxy groups -OCH3 is 1.